The summed E-state index contributed by atoms with van der Waals surface area (Å²) in [5, 5.41) is 13.5. The normalized spacial score (nSPS) is 17.8. The zero-order valence-electron chi connectivity index (χ0n) is 18.1. The molecule has 33 heavy (non-hydrogen) atoms. The van der Waals surface area contributed by atoms with E-state index in [-0.39, 0.29) is 17.0 Å². The summed E-state index contributed by atoms with van der Waals surface area (Å²) in [6.45, 7) is 3.73. The second-order valence-corrected chi connectivity index (χ2v) is 8.56. The lowest BCUT2D eigenvalue weighted by Gasteiger charge is -2.23. The first-order valence-corrected chi connectivity index (χ1v) is 11.1. The second-order valence-electron chi connectivity index (χ2n) is 7.69. The molecule has 5 rings (SSSR count). The quantitative estimate of drug-likeness (QED) is 0.280. The molecule has 9 heteroatoms. The molecule has 0 spiro atoms. The van der Waals surface area contributed by atoms with Crippen LogP contribution in [0, 0.1) is 13.8 Å². The number of fused-ring (bicyclic) bond motifs is 1. The van der Waals surface area contributed by atoms with Crippen molar-refractivity contribution in [3.8, 4) is 5.75 Å². The van der Waals surface area contributed by atoms with E-state index in [1.165, 1.54) is 16.2 Å². The average Bonchev–Trinajstić information content (AvgIpc) is 3.52. The molecule has 1 unspecified atom stereocenters. The Morgan fingerprint density at radius 2 is 2.00 bits per heavy atom. The summed E-state index contributed by atoms with van der Waals surface area (Å²) < 4.78 is 7.20. The smallest absolute Gasteiger partial charge is 0.301 e. The van der Waals surface area contributed by atoms with Gasteiger partial charge in [0, 0.05) is 17.8 Å². The third-order valence-corrected chi connectivity index (χ3v) is 6.56. The number of hydrogen-bond donors (Lipinski definition) is 1. The van der Waals surface area contributed by atoms with E-state index in [1.807, 2.05) is 36.6 Å². The van der Waals surface area contributed by atoms with Crippen LogP contribution in [-0.4, -0.2) is 38.3 Å². The zero-order valence-corrected chi connectivity index (χ0v) is 19.0. The minimum Gasteiger partial charge on any atom is -0.505 e. The predicted molar refractivity (Wildman–Crippen MR) is 125 cm³/mol. The Balaban J connectivity index is 1.77. The topological polar surface area (TPSA) is 97.0 Å². The molecule has 0 radical (unpaired) electrons. The Morgan fingerprint density at radius 3 is 2.70 bits per heavy atom. The van der Waals surface area contributed by atoms with E-state index in [4.69, 9.17) is 4.74 Å². The number of carbonyl (C=O) groups is 2. The Labute approximate surface area is 193 Å². The summed E-state index contributed by atoms with van der Waals surface area (Å²) in [6, 6.07) is 10.0. The number of thiazole rings is 1. The second kappa shape index (κ2) is 7.86. The van der Waals surface area contributed by atoms with Gasteiger partial charge in [0.2, 0.25) is 0 Å². The van der Waals surface area contributed by atoms with Crippen LogP contribution in [-0.2, 0) is 9.59 Å². The lowest BCUT2D eigenvalue weighted by Crippen LogP contribution is -2.29. The van der Waals surface area contributed by atoms with Crippen molar-refractivity contribution in [3.63, 3.8) is 0 Å². The van der Waals surface area contributed by atoms with Gasteiger partial charge in [-0.15, -0.1) is 11.3 Å². The van der Waals surface area contributed by atoms with Crippen LogP contribution in [0.25, 0.3) is 11.4 Å². The van der Waals surface area contributed by atoms with E-state index >= 15 is 0 Å². The number of ether oxygens (including phenoxy) is 1. The molecule has 8 nitrogen and oxygen atoms in total. The fourth-order valence-corrected chi connectivity index (χ4v) is 4.83. The highest BCUT2D eigenvalue weighted by Crippen LogP contribution is 2.43. The average molecular weight is 461 g/mol. The van der Waals surface area contributed by atoms with Gasteiger partial charge in [0.1, 0.15) is 17.1 Å². The summed E-state index contributed by atoms with van der Waals surface area (Å²) in [5.41, 5.74) is 3.09. The van der Waals surface area contributed by atoms with Crippen molar-refractivity contribution < 1.29 is 19.4 Å². The molecule has 1 fully saturated rings. The number of aliphatic hydroxyl groups excluding tert-OH is 1. The number of methoxy groups -OCH3 is 1. The fraction of sp³-hybridized carbons (Fsp3) is 0.167. The van der Waals surface area contributed by atoms with Gasteiger partial charge in [-0.1, -0.05) is 18.2 Å². The molecule has 1 aliphatic heterocycles. The van der Waals surface area contributed by atoms with Gasteiger partial charge >= 0.3 is 5.91 Å². The molecule has 166 valence electrons. The van der Waals surface area contributed by atoms with Crippen LogP contribution in [0.2, 0.25) is 0 Å². The van der Waals surface area contributed by atoms with Crippen LogP contribution in [0.15, 0.2) is 59.7 Å². The number of aryl methyl sites for hydroxylation is 2. The molecule has 1 saturated heterocycles. The lowest BCUT2D eigenvalue weighted by molar-refractivity contribution is -0.132. The van der Waals surface area contributed by atoms with Crippen molar-refractivity contribution in [1.82, 2.24) is 14.4 Å². The molecule has 1 N–H and O–H groups in total. The van der Waals surface area contributed by atoms with E-state index in [2.05, 4.69) is 9.97 Å². The van der Waals surface area contributed by atoms with Crippen molar-refractivity contribution >= 4 is 39.6 Å². The Morgan fingerprint density at radius 1 is 1.18 bits per heavy atom. The minimum absolute atomic E-state index is 0.0346. The van der Waals surface area contributed by atoms with E-state index in [1.54, 1.807) is 43.0 Å². The van der Waals surface area contributed by atoms with Crippen molar-refractivity contribution in [2.45, 2.75) is 19.9 Å². The number of anilines is 1. The first-order valence-electron chi connectivity index (χ1n) is 10.2. The molecule has 1 atom stereocenters. The van der Waals surface area contributed by atoms with Gasteiger partial charge < -0.3 is 14.2 Å². The van der Waals surface area contributed by atoms with Crippen molar-refractivity contribution in [1.29, 1.82) is 0 Å². The Hall–Kier alpha value is -3.98. The summed E-state index contributed by atoms with van der Waals surface area (Å²) in [7, 11) is 1.54. The lowest BCUT2D eigenvalue weighted by atomic mass is 9.96. The van der Waals surface area contributed by atoms with Gasteiger partial charge in [0.15, 0.2) is 10.9 Å². The SMILES string of the molecule is COc1cccc(C2C(=C(O)c3nc4c(C)cccn4c3C)C(=O)C(=O)N2c2nccs2)c1. The standard InChI is InChI=1S/C24H20N4O4S/c1-13-6-5-10-27-14(2)18(26-22(13)27)20(29)17-19(15-7-4-8-16(12-15)32-3)28(23(31)21(17)30)24-25-9-11-33-24/h4-12,19,29H,1-3H3. The molecule has 0 saturated carbocycles. The first-order chi connectivity index (χ1) is 15.9. The number of Topliss-reactive ketones (excluding diaryl/α,β-unsaturated/α-hetero) is 1. The number of ketones is 1. The summed E-state index contributed by atoms with van der Waals surface area (Å²) >= 11 is 1.24. The zero-order chi connectivity index (χ0) is 23.3. The Kier molecular flexibility index (Phi) is 4.98. The molecule has 1 aromatic carbocycles. The molecular weight excluding hydrogens is 440 g/mol. The van der Waals surface area contributed by atoms with Gasteiger partial charge in [0.05, 0.1) is 24.4 Å². The number of imidazole rings is 1. The largest absolute Gasteiger partial charge is 0.505 e. The minimum atomic E-state index is -0.878. The van der Waals surface area contributed by atoms with Crippen molar-refractivity contribution in [2.24, 2.45) is 0 Å². The third-order valence-electron chi connectivity index (χ3n) is 5.79. The molecule has 1 aliphatic rings. The number of pyridine rings is 1. The monoisotopic (exact) mass is 460 g/mol. The fourth-order valence-electron chi connectivity index (χ4n) is 4.17. The molecule has 0 bridgehead atoms. The highest BCUT2D eigenvalue weighted by atomic mass is 32.1. The van der Waals surface area contributed by atoms with Gasteiger partial charge in [-0.3, -0.25) is 14.5 Å². The highest BCUT2D eigenvalue weighted by molar-refractivity contribution is 7.14. The van der Waals surface area contributed by atoms with E-state index in [0.717, 1.165) is 5.56 Å². The van der Waals surface area contributed by atoms with Crippen LogP contribution in [0.5, 0.6) is 5.75 Å². The molecule has 4 aromatic rings. The van der Waals surface area contributed by atoms with Crippen LogP contribution in [0.3, 0.4) is 0 Å². The van der Waals surface area contributed by atoms with Crippen LogP contribution in [0.1, 0.15) is 28.6 Å². The summed E-state index contributed by atoms with van der Waals surface area (Å²) in [4.78, 5) is 36.6. The van der Waals surface area contributed by atoms with Crippen LogP contribution in [0.4, 0.5) is 5.13 Å². The number of aliphatic hydroxyl groups is 1. The third kappa shape index (κ3) is 3.20. The number of aromatic nitrogens is 3. The van der Waals surface area contributed by atoms with Gasteiger partial charge in [-0.2, -0.15) is 0 Å². The van der Waals surface area contributed by atoms with Crippen molar-refractivity contribution in [2.75, 3.05) is 12.0 Å². The highest BCUT2D eigenvalue weighted by Gasteiger charge is 2.48. The van der Waals surface area contributed by atoms with E-state index in [9.17, 15) is 14.7 Å². The van der Waals surface area contributed by atoms with E-state index < -0.39 is 17.7 Å². The van der Waals surface area contributed by atoms with Gasteiger partial charge in [-0.25, -0.2) is 9.97 Å². The van der Waals surface area contributed by atoms with Crippen LogP contribution < -0.4 is 9.64 Å². The van der Waals surface area contributed by atoms with Crippen molar-refractivity contribution in [3.05, 3.63) is 82.3 Å². The predicted octanol–water partition coefficient (Wildman–Crippen LogP) is 4.04. The Bertz CT molecular complexity index is 1440. The molecular formula is C24H20N4O4S. The number of amides is 1. The number of hydrogen-bond acceptors (Lipinski definition) is 7. The number of rotatable bonds is 4. The molecule has 3 aromatic heterocycles. The summed E-state index contributed by atoms with van der Waals surface area (Å²) in [5.74, 6) is -1.29. The van der Waals surface area contributed by atoms with Gasteiger partial charge in [0.25, 0.3) is 5.78 Å². The van der Waals surface area contributed by atoms with Crippen LogP contribution >= 0.6 is 11.3 Å². The molecule has 1 amide bonds. The van der Waals surface area contributed by atoms with Gasteiger partial charge in [-0.05, 0) is 43.2 Å². The first kappa shape index (κ1) is 20.9. The maximum Gasteiger partial charge on any atom is 0.301 e. The molecule has 0 aliphatic carbocycles. The number of carbonyl (C=O) groups excluding carboxylic acids is 2. The number of nitrogens with zero attached hydrogens (tertiary/aromatic N) is 4. The molecule has 4 heterocycles. The maximum absolute atomic E-state index is 13.3. The maximum atomic E-state index is 13.3. The van der Waals surface area contributed by atoms with E-state index in [0.29, 0.717) is 27.8 Å². The number of benzene rings is 1. The summed E-state index contributed by atoms with van der Waals surface area (Å²) in [6.07, 6.45) is 3.41.